The minimum Gasteiger partial charge on any atom is -0.354 e. The van der Waals surface area contributed by atoms with E-state index in [1.165, 1.54) is 0 Å². The van der Waals surface area contributed by atoms with E-state index in [-0.39, 0.29) is 43.1 Å². The van der Waals surface area contributed by atoms with Gasteiger partial charge < -0.3 is 16.4 Å². The maximum Gasteiger partial charge on any atom is 0.237 e. The van der Waals surface area contributed by atoms with Gasteiger partial charge in [-0.05, 0) is 18.1 Å². The maximum absolute atomic E-state index is 11.7. The highest BCUT2D eigenvalue weighted by molar-refractivity contribution is 5.91. The first-order chi connectivity index (χ1) is 9.54. The fraction of sp³-hybridized carbons (Fsp3) is 0.500. The lowest BCUT2D eigenvalue weighted by atomic mass is 9.99. The molecule has 7 heteroatoms. The summed E-state index contributed by atoms with van der Waals surface area (Å²) in [4.78, 5) is 27.2. The Kier molecular flexibility index (Phi) is 9.32. The molecule has 6 nitrogen and oxygen atoms in total. The highest BCUT2D eigenvalue weighted by Crippen LogP contribution is 2.05. The van der Waals surface area contributed by atoms with Crippen molar-refractivity contribution in [2.24, 2.45) is 11.7 Å². The SMILES string of the molecule is CCC(C)C(N)C(=O)NCCC(=O)Nc1ccncc1.Cl. The number of halogens is 1. The van der Waals surface area contributed by atoms with Crippen LogP contribution in [0, 0.1) is 5.92 Å². The summed E-state index contributed by atoms with van der Waals surface area (Å²) in [6.45, 7) is 4.19. The van der Waals surface area contributed by atoms with Gasteiger partial charge in [-0.15, -0.1) is 12.4 Å². The first-order valence-corrected chi connectivity index (χ1v) is 6.77. The topological polar surface area (TPSA) is 97.1 Å². The number of rotatable bonds is 7. The third kappa shape index (κ3) is 7.06. The molecule has 0 bridgehead atoms. The molecule has 1 rings (SSSR count). The number of carbonyl (C=O) groups excluding carboxylic acids is 2. The van der Waals surface area contributed by atoms with E-state index < -0.39 is 6.04 Å². The summed E-state index contributed by atoms with van der Waals surface area (Å²) in [6, 6.07) is 2.88. The van der Waals surface area contributed by atoms with Crippen LogP contribution in [0.2, 0.25) is 0 Å². The molecule has 0 aromatic carbocycles. The normalized spacial score (nSPS) is 12.7. The number of carbonyl (C=O) groups is 2. The van der Waals surface area contributed by atoms with Gasteiger partial charge in [0.1, 0.15) is 0 Å². The Balaban J connectivity index is 0.00000400. The van der Waals surface area contributed by atoms with Crippen molar-refractivity contribution >= 4 is 29.9 Å². The van der Waals surface area contributed by atoms with E-state index in [0.717, 1.165) is 6.42 Å². The van der Waals surface area contributed by atoms with Gasteiger partial charge >= 0.3 is 0 Å². The van der Waals surface area contributed by atoms with Crippen LogP contribution in [0.4, 0.5) is 5.69 Å². The Hall–Kier alpha value is -1.66. The largest absolute Gasteiger partial charge is 0.354 e. The second-order valence-corrected chi connectivity index (χ2v) is 4.74. The fourth-order valence-electron chi connectivity index (χ4n) is 1.59. The van der Waals surface area contributed by atoms with Gasteiger partial charge in [-0.1, -0.05) is 20.3 Å². The highest BCUT2D eigenvalue weighted by atomic mass is 35.5. The second kappa shape index (κ2) is 10.1. The molecule has 0 fully saturated rings. The predicted octanol–water partition coefficient (Wildman–Crippen LogP) is 1.32. The zero-order valence-electron chi connectivity index (χ0n) is 12.3. The second-order valence-electron chi connectivity index (χ2n) is 4.74. The summed E-state index contributed by atoms with van der Waals surface area (Å²) in [5.74, 6) is -0.245. The number of hydrogen-bond acceptors (Lipinski definition) is 4. The Labute approximate surface area is 131 Å². The van der Waals surface area contributed by atoms with Gasteiger partial charge in [0.25, 0.3) is 0 Å². The third-order valence-electron chi connectivity index (χ3n) is 3.18. The van der Waals surface area contributed by atoms with Crippen LogP contribution in [0.15, 0.2) is 24.5 Å². The van der Waals surface area contributed by atoms with Crippen molar-refractivity contribution in [2.75, 3.05) is 11.9 Å². The van der Waals surface area contributed by atoms with Crippen LogP contribution in [-0.4, -0.2) is 29.4 Å². The van der Waals surface area contributed by atoms with E-state index in [2.05, 4.69) is 15.6 Å². The van der Waals surface area contributed by atoms with Crippen LogP contribution in [0.5, 0.6) is 0 Å². The molecule has 118 valence electrons. The van der Waals surface area contributed by atoms with E-state index >= 15 is 0 Å². The molecule has 0 saturated heterocycles. The summed E-state index contributed by atoms with van der Waals surface area (Å²) in [7, 11) is 0. The lowest BCUT2D eigenvalue weighted by molar-refractivity contribution is -0.123. The molecule has 0 aliphatic rings. The van der Waals surface area contributed by atoms with Crippen molar-refractivity contribution in [1.29, 1.82) is 0 Å². The molecule has 0 saturated carbocycles. The van der Waals surface area contributed by atoms with Crippen LogP contribution < -0.4 is 16.4 Å². The van der Waals surface area contributed by atoms with Crippen molar-refractivity contribution in [3.8, 4) is 0 Å². The van der Waals surface area contributed by atoms with Crippen molar-refractivity contribution in [2.45, 2.75) is 32.7 Å². The van der Waals surface area contributed by atoms with Crippen LogP contribution in [-0.2, 0) is 9.59 Å². The fourth-order valence-corrected chi connectivity index (χ4v) is 1.59. The Morgan fingerprint density at radius 3 is 2.52 bits per heavy atom. The number of amides is 2. The van der Waals surface area contributed by atoms with E-state index in [1.807, 2.05) is 13.8 Å². The summed E-state index contributed by atoms with van der Waals surface area (Å²) < 4.78 is 0. The molecule has 1 aromatic rings. The van der Waals surface area contributed by atoms with E-state index in [1.54, 1.807) is 24.5 Å². The summed E-state index contributed by atoms with van der Waals surface area (Å²) in [6.07, 6.45) is 4.25. The number of anilines is 1. The van der Waals surface area contributed by atoms with Crippen molar-refractivity contribution in [3.05, 3.63) is 24.5 Å². The molecule has 1 aromatic heterocycles. The van der Waals surface area contributed by atoms with E-state index in [9.17, 15) is 9.59 Å². The van der Waals surface area contributed by atoms with Gasteiger partial charge in [-0.25, -0.2) is 0 Å². The lowest BCUT2D eigenvalue weighted by Gasteiger charge is -2.17. The number of nitrogens with zero attached hydrogens (tertiary/aromatic N) is 1. The first kappa shape index (κ1) is 19.3. The predicted molar refractivity (Wildman–Crippen MR) is 85.2 cm³/mol. The van der Waals surface area contributed by atoms with Gasteiger partial charge in [0.15, 0.2) is 0 Å². The van der Waals surface area contributed by atoms with Crippen molar-refractivity contribution < 1.29 is 9.59 Å². The van der Waals surface area contributed by atoms with E-state index in [4.69, 9.17) is 5.73 Å². The molecule has 2 amide bonds. The first-order valence-electron chi connectivity index (χ1n) is 6.77. The molecule has 4 N–H and O–H groups in total. The van der Waals surface area contributed by atoms with E-state index in [0.29, 0.717) is 5.69 Å². The molecule has 0 aliphatic heterocycles. The molecule has 0 radical (unpaired) electrons. The van der Waals surface area contributed by atoms with Crippen LogP contribution in [0.1, 0.15) is 26.7 Å². The number of nitrogens with one attached hydrogen (secondary N) is 2. The Morgan fingerprint density at radius 1 is 1.33 bits per heavy atom. The minimum absolute atomic E-state index is 0. The average Bonchev–Trinajstić information content (AvgIpc) is 2.46. The molecule has 0 aliphatic carbocycles. The summed E-state index contributed by atoms with van der Waals surface area (Å²) in [5, 5.41) is 5.39. The van der Waals surface area contributed by atoms with Gasteiger partial charge in [0.2, 0.25) is 11.8 Å². The molecular formula is C14H23ClN4O2. The number of nitrogens with two attached hydrogens (primary N) is 1. The molecule has 2 atom stereocenters. The zero-order valence-corrected chi connectivity index (χ0v) is 13.2. The van der Waals surface area contributed by atoms with Gasteiger partial charge in [-0.3, -0.25) is 14.6 Å². The number of pyridine rings is 1. The van der Waals surface area contributed by atoms with Crippen LogP contribution in [0.25, 0.3) is 0 Å². The number of hydrogen-bond donors (Lipinski definition) is 3. The molecule has 0 spiro atoms. The standard InChI is InChI=1S/C14H22N4O2.ClH/c1-3-10(2)13(15)14(20)17-9-6-12(19)18-11-4-7-16-8-5-11;/h4-5,7-8,10,13H,3,6,9,15H2,1-2H3,(H,17,20)(H,16,18,19);1H. The molecule has 2 unspecified atom stereocenters. The maximum atomic E-state index is 11.7. The monoisotopic (exact) mass is 314 g/mol. The lowest BCUT2D eigenvalue weighted by Crippen LogP contribution is -2.45. The van der Waals surface area contributed by atoms with Crippen LogP contribution in [0.3, 0.4) is 0 Å². The minimum atomic E-state index is -0.525. The van der Waals surface area contributed by atoms with Gasteiger partial charge in [-0.2, -0.15) is 0 Å². The smallest absolute Gasteiger partial charge is 0.237 e. The average molecular weight is 315 g/mol. The van der Waals surface area contributed by atoms with Gasteiger partial charge in [0.05, 0.1) is 6.04 Å². The quantitative estimate of drug-likeness (QED) is 0.707. The zero-order chi connectivity index (χ0) is 15.0. The van der Waals surface area contributed by atoms with Crippen LogP contribution >= 0.6 is 12.4 Å². The summed E-state index contributed by atoms with van der Waals surface area (Å²) >= 11 is 0. The number of aromatic nitrogens is 1. The molecule has 21 heavy (non-hydrogen) atoms. The third-order valence-corrected chi connectivity index (χ3v) is 3.18. The van der Waals surface area contributed by atoms with Gasteiger partial charge in [0, 0.05) is 31.0 Å². The summed E-state index contributed by atoms with van der Waals surface area (Å²) in [5.41, 5.74) is 6.48. The van der Waals surface area contributed by atoms with Crippen molar-refractivity contribution in [1.82, 2.24) is 10.3 Å². The molecule has 1 heterocycles. The highest BCUT2D eigenvalue weighted by Gasteiger charge is 2.18. The Morgan fingerprint density at radius 2 is 1.95 bits per heavy atom. The molecular weight excluding hydrogens is 292 g/mol. The van der Waals surface area contributed by atoms with Crippen molar-refractivity contribution in [3.63, 3.8) is 0 Å². The Bertz CT molecular complexity index is 442.